The molecule has 1 unspecified atom stereocenters. The Morgan fingerprint density at radius 1 is 1.26 bits per heavy atom. The minimum atomic E-state index is 0.366. The average Bonchev–Trinajstić information content (AvgIpc) is 2.95. The lowest BCUT2D eigenvalue weighted by Gasteiger charge is -2.20. The van der Waals surface area contributed by atoms with Gasteiger partial charge < -0.3 is 15.1 Å². The van der Waals surface area contributed by atoms with Crippen LogP contribution in [-0.4, -0.2) is 48.2 Å². The summed E-state index contributed by atoms with van der Waals surface area (Å²) >= 11 is 3.47. The molecule has 0 radical (unpaired) electrons. The summed E-state index contributed by atoms with van der Waals surface area (Å²) in [4.78, 5) is 17.4. The van der Waals surface area contributed by atoms with Gasteiger partial charge in [-0.25, -0.2) is 15.0 Å². The van der Waals surface area contributed by atoms with Gasteiger partial charge >= 0.3 is 0 Å². The number of halogens is 1. The van der Waals surface area contributed by atoms with Crippen molar-refractivity contribution >= 4 is 33.4 Å². The van der Waals surface area contributed by atoms with Crippen LogP contribution in [0.2, 0.25) is 0 Å². The van der Waals surface area contributed by atoms with Gasteiger partial charge in [0.1, 0.15) is 23.8 Å². The molecule has 23 heavy (non-hydrogen) atoms. The van der Waals surface area contributed by atoms with Crippen molar-refractivity contribution in [2.45, 2.75) is 19.4 Å². The first kappa shape index (κ1) is 16.0. The highest BCUT2D eigenvalue weighted by Gasteiger charge is 2.24. The zero-order valence-corrected chi connectivity index (χ0v) is 15.2. The number of aryl methyl sites for hydroxylation is 1. The molecule has 6 nitrogen and oxygen atoms in total. The first-order valence-electron chi connectivity index (χ1n) is 7.66. The summed E-state index contributed by atoms with van der Waals surface area (Å²) in [5, 5.41) is 3.51. The van der Waals surface area contributed by atoms with Crippen molar-refractivity contribution in [1.29, 1.82) is 0 Å². The highest BCUT2D eigenvalue weighted by atomic mass is 79.9. The van der Waals surface area contributed by atoms with Gasteiger partial charge in [-0.3, -0.25) is 0 Å². The third kappa shape index (κ3) is 3.72. The van der Waals surface area contributed by atoms with Gasteiger partial charge in [0.15, 0.2) is 0 Å². The maximum atomic E-state index is 4.56. The van der Waals surface area contributed by atoms with Gasteiger partial charge in [0, 0.05) is 50.0 Å². The summed E-state index contributed by atoms with van der Waals surface area (Å²) in [5.74, 6) is 2.84. The molecule has 0 spiro atoms. The highest BCUT2D eigenvalue weighted by Crippen LogP contribution is 2.25. The molecule has 1 N–H and O–H groups in total. The highest BCUT2D eigenvalue weighted by molar-refractivity contribution is 9.10. The first-order chi connectivity index (χ1) is 11.0. The molecule has 1 saturated heterocycles. The van der Waals surface area contributed by atoms with E-state index in [0.717, 1.165) is 41.4 Å². The summed E-state index contributed by atoms with van der Waals surface area (Å²) in [5.41, 5.74) is 1.19. The van der Waals surface area contributed by atoms with Crippen LogP contribution in [0.5, 0.6) is 0 Å². The molecule has 3 rings (SSSR count). The van der Waals surface area contributed by atoms with Gasteiger partial charge in [-0.1, -0.05) is 0 Å². The van der Waals surface area contributed by atoms with Gasteiger partial charge in [0.25, 0.3) is 0 Å². The van der Waals surface area contributed by atoms with E-state index in [0.29, 0.717) is 6.04 Å². The summed E-state index contributed by atoms with van der Waals surface area (Å²) in [6.45, 7) is 4.02. The Morgan fingerprint density at radius 2 is 2.09 bits per heavy atom. The van der Waals surface area contributed by atoms with Gasteiger partial charge in [-0.05, 0) is 40.9 Å². The Bertz CT molecular complexity index is 690. The van der Waals surface area contributed by atoms with Gasteiger partial charge in [0.2, 0.25) is 0 Å². The van der Waals surface area contributed by atoms with Crippen molar-refractivity contribution in [3.8, 4) is 0 Å². The van der Waals surface area contributed by atoms with Crippen LogP contribution in [-0.2, 0) is 0 Å². The smallest absolute Gasteiger partial charge is 0.133 e. The molecular weight excluding hydrogens is 356 g/mol. The summed E-state index contributed by atoms with van der Waals surface area (Å²) in [6.07, 6.45) is 4.53. The Labute approximate surface area is 145 Å². The molecule has 0 bridgehead atoms. The number of hydrogen-bond donors (Lipinski definition) is 1. The average molecular weight is 377 g/mol. The largest absolute Gasteiger partial charge is 0.365 e. The minimum absolute atomic E-state index is 0.366. The number of aromatic nitrogens is 3. The number of hydrogen-bond acceptors (Lipinski definition) is 6. The predicted octanol–water partition coefficient (Wildman–Crippen LogP) is 2.70. The monoisotopic (exact) mass is 376 g/mol. The zero-order valence-electron chi connectivity index (χ0n) is 13.6. The fraction of sp³-hybridized carbons (Fsp3) is 0.438. The van der Waals surface area contributed by atoms with Crippen LogP contribution < -0.4 is 15.1 Å². The molecule has 1 aliphatic rings. The molecule has 3 heterocycles. The van der Waals surface area contributed by atoms with E-state index in [1.165, 1.54) is 5.56 Å². The van der Waals surface area contributed by atoms with Crippen LogP contribution in [0.15, 0.2) is 29.1 Å². The maximum absolute atomic E-state index is 4.56. The van der Waals surface area contributed by atoms with Crippen molar-refractivity contribution < 1.29 is 0 Å². The number of nitrogens with one attached hydrogen (secondary N) is 1. The summed E-state index contributed by atoms with van der Waals surface area (Å²) < 4.78 is 1.02. The van der Waals surface area contributed by atoms with E-state index >= 15 is 0 Å². The Morgan fingerprint density at radius 3 is 2.83 bits per heavy atom. The van der Waals surface area contributed by atoms with Crippen LogP contribution in [0.3, 0.4) is 0 Å². The van der Waals surface area contributed by atoms with Crippen molar-refractivity contribution in [2.24, 2.45) is 0 Å². The van der Waals surface area contributed by atoms with E-state index in [1.54, 1.807) is 6.33 Å². The molecule has 122 valence electrons. The third-order valence-electron chi connectivity index (χ3n) is 3.97. The molecule has 0 aliphatic carbocycles. The molecular formula is C16H21BrN6. The van der Waals surface area contributed by atoms with Gasteiger partial charge in [-0.2, -0.15) is 0 Å². The Kier molecular flexibility index (Phi) is 4.66. The van der Waals surface area contributed by atoms with E-state index < -0.39 is 0 Å². The molecule has 1 atom stereocenters. The van der Waals surface area contributed by atoms with Crippen molar-refractivity contribution in [3.63, 3.8) is 0 Å². The lowest BCUT2D eigenvalue weighted by atomic mass is 10.2. The lowest BCUT2D eigenvalue weighted by Crippen LogP contribution is -2.27. The topological polar surface area (TPSA) is 57.2 Å². The Balaban J connectivity index is 1.67. The van der Waals surface area contributed by atoms with Crippen LogP contribution in [0.25, 0.3) is 0 Å². The van der Waals surface area contributed by atoms with Crippen LogP contribution in [0, 0.1) is 6.92 Å². The van der Waals surface area contributed by atoms with E-state index in [9.17, 15) is 0 Å². The number of rotatable bonds is 4. The van der Waals surface area contributed by atoms with E-state index in [1.807, 2.05) is 31.3 Å². The van der Waals surface area contributed by atoms with E-state index in [4.69, 9.17) is 0 Å². The third-order valence-corrected chi connectivity index (χ3v) is 4.40. The molecule has 2 aromatic heterocycles. The second-order valence-corrected chi connectivity index (χ2v) is 6.94. The summed E-state index contributed by atoms with van der Waals surface area (Å²) in [7, 11) is 3.96. The standard InChI is InChI=1S/C16H21BrN6/c1-11-6-12(17)8-18-16(11)23-5-4-13(9-23)21-14-7-15(22(2)3)20-10-19-14/h6-8,10,13H,4-5,9H2,1-3H3,(H,19,20,21). The lowest BCUT2D eigenvalue weighted by molar-refractivity contribution is 0.797. The second-order valence-electron chi connectivity index (χ2n) is 6.03. The molecule has 2 aromatic rings. The van der Waals surface area contributed by atoms with Crippen molar-refractivity contribution in [1.82, 2.24) is 15.0 Å². The van der Waals surface area contributed by atoms with Crippen LogP contribution >= 0.6 is 15.9 Å². The minimum Gasteiger partial charge on any atom is -0.365 e. The SMILES string of the molecule is Cc1cc(Br)cnc1N1CCC(Nc2cc(N(C)C)ncn2)C1. The van der Waals surface area contributed by atoms with Crippen LogP contribution in [0.4, 0.5) is 17.5 Å². The van der Waals surface area contributed by atoms with Crippen LogP contribution in [0.1, 0.15) is 12.0 Å². The first-order valence-corrected chi connectivity index (χ1v) is 8.45. The second kappa shape index (κ2) is 6.70. The van der Waals surface area contributed by atoms with Gasteiger partial charge in [0.05, 0.1) is 0 Å². The quantitative estimate of drug-likeness (QED) is 0.884. The van der Waals surface area contributed by atoms with E-state index in [2.05, 4.69) is 54.1 Å². The fourth-order valence-corrected chi connectivity index (χ4v) is 3.26. The number of anilines is 3. The number of pyridine rings is 1. The van der Waals surface area contributed by atoms with E-state index in [-0.39, 0.29) is 0 Å². The Hall–Kier alpha value is -1.89. The van der Waals surface area contributed by atoms with Crippen molar-refractivity contribution in [3.05, 3.63) is 34.7 Å². The normalized spacial score (nSPS) is 17.4. The molecule has 0 saturated carbocycles. The maximum Gasteiger partial charge on any atom is 0.133 e. The molecule has 0 amide bonds. The molecule has 7 heteroatoms. The van der Waals surface area contributed by atoms with Crippen molar-refractivity contribution in [2.75, 3.05) is 42.3 Å². The van der Waals surface area contributed by atoms with Gasteiger partial charge in [-0.15, -0.1) is 0 Å². The molecule has 1 aliphatic heterocycles. The predicted molar refractivity (Wildman–Crippen MR) is 97.3 cm³/mol. The number of nitrogens with zero attached hydrogens (tertiary/aromatic N) is 5. The zero-order chi connectivity index (χ0) is 16.4. The molecule has 1 fully saturated rings. The molecule has 0 aromatic carbocycles. The summed E-state index contributed by atoms with van der Waals surface area (Å²) in [6, 6.07) is 4.45. The fourth-order valence-electron chi connectivity index (χ4n) is 2.81.